The van der Waals surface area contributed by atoms with E-state index in [9.17, 15) is 13.2 Å². The number of methoxy groups -OCH3 is 1. The number of nitrogens with one attached hydrogen (secondary N) is 1. The van der Waals surface area contributed by atoms with Crippen molar-refractivity contribution in [1.82, 2.24) is 19.1 Å². The fraction of sp³-hybridized carbons (Fsp3) is 0.240. The Labute approximate surface area is 214 Å². The first-order chi connectivity index (χ1) is 17.3. The van der Waals surface area contributed by atoms with Crippen LogP contribution in [0.1, 0.15) is 29.9 Å². The van der Waals surface area contributed by atoms with Crippen molar-refractivity contribution in [3.63, 3.8) is 0 Å². The van der Waals surface area contributed by atoms with Crippen molar-refractivity contribution >= 4 is 33.1 Å². The highest BCUT2D eigenvalue weighted by atomic mass is 32.2. The Hall–Kier alpha value is -3.54. The number of benzene rings is 2. The van der Waals surface area contributed by atoms with Gasteiger partial charge in [0.15, 0.2) is 0 Å². The van der Waals surface area contributed by atoms with E-state index in [2.05, 4.69) is 15.4 Å². The largest absolute Gasteiger partial charge is 0.497 e. The molecule has 0 bridgehead atoms. The minimum atomic E-state index is -3.59. The highest BCUT2D eigenvalue weighted by molar-refractivity contribution is 7.89. The Morgan fingerprint density at radius 1 is 1.08 bits per heavy atom. The first kappa shape index (κ1) is 25.5. The number of nitrogens with zero attached hydrogens (tertiary/aromatic N) is 4. The lowest BCUT2D eigenvalue weighted by atomic mass is 10.2. The predicted molar refractivity (Wildman–Crippen MR) is 140 cm³/mol. The predicted octanol–water partition coefficient (Wildman–Crippen LogP) is 4.60. The fourth-order valence-corrected chi connectivity index (χ4v) is 5.92. The van der Waals surface area contributed by atoms with Crippen molar-refractivity contribution < 1.29 is 17.9 Å². The summed E-state index contributed by atoms with van der Waals surface area (Å²) in [7, 11) is -1.97. The summed E-state index contributed by atoms with van der Waals surface area (Å²) < 4.78 is 33.6. The minimum absolute atomic E-state index is 0.150. The summed E-state index contributed by atoms with van der Waals surface area (Å²) in [4.78, 5) is 17.8. The number of ether oxygens (including phenoxy) is 1. The van der Waals surface area contributed by atoms with Crippen LogP contribution in [0.5, 0.6) is 5.75 Å². The van der Waals surface area contributed by atoms with E-state index in [0.717, 1.165) is 17.0 Å². The third kappa shape index (κ3) is 5.18. The first-order valence-corrected chi connectivity index (χ1v) is 13.7. The summed E-state index contributed by atoms with van der Waals surface area (Å²) in [5.41, 5.74) is 2.77. The van der Waals surface area contributed by atoms with Gasteiger partial charge in [0, 0.05) is 35.7 Å². The normalized spacial score (nSPS) is 11.6. The summed E-state index contributed by atoms with van der Waals surface area (Å²) in [6.07, 6.45) is 0. The van der Waals surface area contributed by atoms with Gasteiger partial charge < -0.3 is 10.1 Å². The van der Waals surface area contributed by atoms with Crippen molar-refractivity contribution in [2.45, 2.75) is 25.7 Å². The molecule has 0 spiro atoms. The number of aromatic nitrogens is 3. The Kier molecular flexibility index (Phi) is 7.53. The zero-order valence-electron chi connectivity index (χ0n) is 20.4. The van der Waals surface area contributed by atoms with Crippen molar-refractivity contribution in [3.8, 4) is 22.1 Å². The van der Waals surface area contributed by atoms with Crippen LogP contribution in [0.25, 0.3) is 16.4 Å². The molecule has 1 N–H and O–H groups in total. The summed E-state index contributed by atoms with van der Waals surface area (Å²) in [5.74, 6) is 0.850. The van der Waals surface area contributed by atoms with Crippen LogP contribution in [0.2, 0.25) is 0 Å². The molecule has 0 aliphatic rings. The molecule has 4 rings (SSSR count). The van der Waals surface area contributed by atoms with E-state index in [0.29, 0.717) is 35.3 Å². The van der Waals surface area contributed by atoms with Crippen molar-refractivity contribution in [2.24, 2.45) is 0 Å². The van der Waals surface area contributed by atoms with Gasteiger partial charge in [-0.2, -0.15) is 14.1 Å². The summed E-state index contributed by atoms with van der Waals surface area (Å²) in [6.45, 7) is 6.16. The number of carbonyl (C=O) groups is 1. The molecule has 4 aromatic rings. The van der Waals surface area contributed by atoms with Crippen LogP contribution >= 0.6 is 11.3 Å². The maximum Gasteiger partial charge on any atom is 0.256 e. The maximum absolute atomic E-state index is 13.0. The van der Waals surface area contributed by atoms with Gasteiger partial charge in [0.05, 0.1) is 23.4 Å². The molecule has 0 aliphatic carbocycles. The number of carbonyl (C=O) groups excluding carboxylic acids is 1. The van der Waals surface area contributed by atoms with Gasteiger partial charge in [0.1, 0.15) is 11.6 Å². The van der Waals surface area contributed by atoms with Crippen LogP contribution in [0.4, 0.5) is 5.82 Å². The lowest BCUT2D eigenvalue weighted by Gasteiger charge is -2.18. The number of hydrogen-bond donors (Lipinski definition) is 1. The van der Waals surface area contributed by atoms with Gasteiger partial charge in [0.25, 0.3) is 5.91 Å². The van der Waals surface area contributed by atoms with Gasteiger partial charge in [-0.15, -0.1) is 11.3 Å². The van der Waals surface area contributed by atoms with Gasteiger partial charge in [0.2, 0.25) is 15.2 Å². The minimum Gasteiger partial charge on any atom is -0.497 e. The zero-order valence-corrected chi connectivity index (χ0v) is 22.1. The monoisotopic (exact) mass is 525 g/mol. The van der Waals surface area contributed by atoms with E-state index < -0.39 is 10.0 Å². The molecule has 0 radical (unpaired) electrons. The number of amides is 1. The van der Waals surface area contributed by atoms with Crippen LogP contribution in [0.3, 0.4) is 0 Å². The highest BCUT2D eigenvalue weighted by Crippen LogP contribution is 2.28. The molecule has 2 heterocycles. The summed E-state index contributed by atoms with van der Waals surface area (Å²) in [5, 5.41) is 9.88. The first-order valence-electron chi connectivity index (χ1n) is 11.3. The van der Waals surface area contributed by atoms with Gasteiger partial charge in [-0.1, -0.05) is 13.8 Å². The molecule has 0 atom stereocenters. The third-order valence-corrected chi connectivity index (χ3v) is 8.47. The number of sulfonamides is 1. The highest BCUT2D eigenvalue weighted by Gasteiger charge is 2.22. The molecule has 0 unspecified atom stereocenters. The molecule has 2 aromatic heterocycles. The molecule has 0 fully saturated rings. The number of thiazole rings is 1. The molecular formula is C25H27N5O4S2. The molecule has 36 heavy (non-hydrogen) atoms. The Balaban J connectivity index is 1.54. The molecule has 0 aliphatic heterocycles. The van der Waals surface area contributed by atoms with Crippen LogP contribution in [0, 0.1) is 6.92 Å². The molecule has 0 saturated carbocycles. The van der Waals surface area contributed by atoms with Crippen LogP contribution in [-0.4, -0.2) is 53.6 Å². The lowest BCUT2D eigenvalue weighted by Crippen LogP contribution is -2.30. The maximum atomic E-state index is 13.0. The van der Waals surface area contributed by atoms with Gasteiger partial charge >= 0.3 is 0 Å². The van der Waals surface area contributed by atoms with E-state index in [1.54, 1.807) is 31.7 Å². The molecule has 1 amide bonds. The molecule has 11 heteroatoms. The van der Waals surface area contributed by atoms with Gasteiger partial charge in [-0.25, -0.2) is 13.4 Å². The molecule has 2 aromatic carbocycles. The number of hydrogen-bond acceptors (Lipinski definition) is 7. The second-order valence-electron chi connectivity index (χ2n) is 7.89. The van der Waals surface area contributed by atoms with Gasteiger partial charge in [-0.05, 0) is 55.5 Å². The Bertz CT molecular complexity index is 1460. The van der Waals surface area contributed by atoms with Gasteiger partial charge in [-0.3, -0.25) is 4.79 Å². The van der Waals surface area contributed by atoms with Crippen LogP contribution < -0.4 is 10.1 Å². The van der Waals surface area contributed by atoms with E-state index >= 15 is 0 Å². The lowest BCUT2D eigenvalue weighted by molar-refractivity contribution is 0.102. The Morgan fingerprint density at radius 2 is 1.75 bits per heavy atom. The van der Waals surface area contributed by atoms with E-state index in [4.69, 9.17) is 4.74 Å². The number of rotatable bonds is 9. The fourth-order valence-electron chi connectivity index (χ4n) is 3.67. The standard InChI is InChI=1S/C25H27N5O4S2/c1-5-29(6-2)36(32,33)21-13-9-19(10-14-21)24(31)27-23-15-17(3)28-30(23)25-26-22(16-35-25)18-7-11-20(34-4)12-8-18/h7-16H,5-6H2,1-4H3,(H,27,31). The average Bonchev–Trinajstić information content (AvgIpc) is 3.51. The Morgan fingerprint density at radius 3 is 2.36 bits per heavy atom. The van der Waals surface area contributed by atoms with E-state index in [1.165, 1.54) is 39.9 Å². The van der Waals surface area contributed by atoms with Crippen molar-refractivity contribution in [2.75, 3.05) is 25.5 Å². The van der Waals surface area contributed by atoms with Crippen LogP contribution in [-0.2, 0) is 10.0 Å². The topological polar surface area (TPSA) is 106 Å². The second kappa shape index (κ2) is 10.6. The quantitative estimate of drug-likeness (QED) is 0.342. The SMILES string of the molecule is CCN(CC)S(=O)(=O)c1ccc(C(=O)Nc2cc(C)nn2-c2nc(-c3ccc(OC)cc3)cs2)cc1. The van der Waals surface area contributed by atoms with Crippen molar-refractivity contribution in [3.05, 3.63) is 71.2 Å². The average molecular weight is 526 g/mol. The molecule has 9 nitrogen and oxygen atoms in total. The van der Waals surface area contributed by atoms with E-state index in [-0.39, 0.29) is 10.8 Å². The molecule has 188 valence electrons. The summed E-state index contributed by atoms with van der Waals surface area (Å²) in [6, 6.07) is 15.3. The van der Waals surface area contributed by atoms with Crippen molar-refractivity contribution in [1.29, 1.82) is 0 Å². The number of aryl methyl sites for hydroxylation is 1. The van der Waals surface area contributed by atoms with Crippen LogP contribution in [0.15, 0.2) is 64.9 Å². The molecule has 0 saturated heterocycles. The summed E-state index contributed by atoms with van der Waals surface area (Å²) >= 11 is 1.40. The van der Waals surface area contributed by atoms with E-state index in [1.807, 2.05) is 36.6 Å². The second-order valence-corrected chi connectivity index (χ2v) is 10.7. The smallest absolute Gasteiger partial charge is 0.256 e. The number of anilines is 1. The zero-order chi connectivity index (χ0) is 25.9. The third-order valence-electron chi connectivity index (χ3n) is 5.59. The molecular weight excluding hydrogens is 498 g/mol.